The summed E-state index contributed by atoms with van der Waals surface area (Å²) in [5, 5.41) is 3.59. The van der Waals surface area contributed by atoms with Crippen LogP contribution in [0, 0.1) is 6.92 Å². The summed E-state index contributed by atoms with van der Waals surface area (Å²) in [7, 11) is 0. The average molecular weight is 421 g/mol. The second-order valence-corrected chi connectivity index (χ2v) is 8.52. The molecule has 0 aliphatic carbocycles. The van der Waals surface area contributed by atoms with Crippen LogP contribution in [-0.4, -0.2) is 36.1 Å². The lowest BCUT2D eigenvalue weighted by atomic mass is 10.0. The van der Waals surface area contributed by atoms with Gasteiger partial charge in [-0.05, 0) is 36.2 Å². The van der Waals surface area contributed by atoms with Gasteiger partial charge in [0.1, 0.15) is 10.6 Å². The number of hydrogen-bond donors (Lipinski definition) is 0. The van der Waals surface area contributed by atoms with Gasteiger partial charge >= 0.3 is 0 Å². The van der Waals surface area contributed by atoms with Crippen LogP contribution in [0.4, 0.5) is 11.5 Å². The first-order valence-electron chi connectivity index (χ1n) is 9.76. The monoisotopic (exact) mass is 420 g/mol. The van der Waals surface area contributed by atoms with Crippen LogP contribution in [-0.2, 0) is 0 Å². The fraction of sp³-hybridized carbons (Fsp3) is 0.217. The van der Waals surface area contributed by atoms with Crippen molar-refractivity contribution in [3.8, 4) is 11.1 Å². The van der Waals surface area contributed by atoms with E-state index in [1.807, 2.05) is 0 Å². The van der Waals surface area contributed by atoms with Crippen LogP contribution in [0.2, 0.25) is 5.28 Å². The number of para-hydroxylation sites is 1. The molecule has 0 radical (unpaired) electrons. The number of piperazine rings is 1. The van der Waals surface area contributed by atoms with E-state index in [1.54, 1.807) is 11.3 Å². The van der Waals surface area contributed by atoms with Crippen molar-refractivity contribution in [1.82, 2.24) is 9.97 Å². The van der Waals surface area contributed by atoms with Crippen LogP contribution in [0.5, 0.6) is 0 Å². The summed E-state index contributed by atoms with van der Waals surface area (Å²) in [6.45, 7) is 5.82. The Kier molecular flexibility index (Phi) is 4.86. The number of rotatable bonds is 3. The normalized spacial score (nSPS) is 14.6. The van der Waals surface area contributed by atoms with Gasteiger partial charge in [-0.15, -0.1) is 11.3 Å². The first-order valence-corrected chi connectivity index (χ1v) is 11.0. The van der Waals surface area contributed by atoms with Crippen LogP contribution in [0.3, 0.4) is 0 Å². The molecule has 2 aromatic carbocycles. The Morgan fingerprint density at radius 3 is 2.28 bits per heavy atom. The van der Waals surface area contributed by atoms with E-state index < -0.39 is 0 Å². The quantitative estimate of drug-likeness (QED) is 0.401. The van der Waals surface area contributed by atoms with Crippen molar-refractivity contribution in [3.63, 3.8) is 0 Å². The number of aryl methyl sites for hydroxylation is 1. The largest absolute Gasteiger partial charge is 0.368 e. The molecule has 0 atom stereocenters. The van der Waals surface area contributed by atoms with Crippen molar-refractivity contribution in [2.24, 2.45) is 0 Å². The second kappa shape index (κ2) is 7.65. The molecule has 4 aromatic rings. The van der Waals surface area contributed by atoms with Crippen molar-refractivity contribution < 1.29 is 0 Å². The SMILES string of the molecule is Cc1ccc(-c2csc3nc(Cl)nc(N4CCN(c5ccccc5)CC4)c23)cc1. The molecule has 1 fully saturated rings. The Morgan fingerprint density at radius 1 is 0.862 bits per heavy atom. The fourth-order valence-electron chi connectivity index (χ4n) is 3.89. The molecule has 146 valence electrons. The Balaban J connectivity index is 1.50. The summed E-state index contributed by atoms with van der Waals surface area (Å²) in [5.74, 6) is 0.949. The molecule has 4 nitrogen and oxygen atoms in total. The first kappa shape index (κ1) is 18.4. The molecule has 0 unspecified atom stereocenters. The third-order valence-corrected chi connectivity index (χ3v) is 6.49. The molecular weight excluding hydrogens is 400 g/mol. The van der Waals surface area contributed by atoms with E-state index in [2.05, 4.69) is 86.7 Å². The van der Waals surface area contributed by atoms with E-state index in [0.29, 0.717) is 5.28 Å². The number of halogens is 1. The number of benzene rings is 2. The van der Waals surface area contributed by atoms with Gasteiger partial charge in [-0.1, -0.05) is 48.0 Å². The van der Waals surface area contributed by atoms with Gasteiger partial charge in [-0.3, -0.25) is 0 Å². The number of hydrogen-bond acceptors (Lipinski definition) is 5. The average Bonchev–Trinajstić information content (AvgIpc) is 3.18. The zero-order chi connectivity index (χ0) is 19.8. The van der Waals surface area contributed by atoms with E-state index in [9.17, 15) is 0 Å². The second-order valence-electron chi connectivity index (χ2n) is 7.32. The summed E-state index contributed by atoms with van der Waals surface area (Å²) in [5.41, 5.74) is 4.90. The molecule has 29 heavy (non-hydrogen) atoms. The number of thiophene rings is 1. The summed E-state index contributed by atoms with van der Waals surface area (Å²) < 4.78 is 0. The highest BCUT2D eigenvalue weighted by Gasteiger charge is 2.23. The van der Waals surface area contributed by atoms with Gasteiger partial charge in [-0.25, -0.2) is 4.98 Å². The van der Waals surface area contributed by atoms with Crippen molar-refractivity contribution in [1.29, 1.82) is 0 Å². The summed E-state index contributed by atoms with van der Waals surface area (Å²) >= 11 is 7.92. The van der Waals surface area contributed by atoms with Crippen LogP contribution >= 0.6 is 22.9 Å². The van der Waals surface area contributed by atoms with Crippen LogP contribution in [0.15, 0.2) is 60.0 Å². The van der Waals surface area contributed by atoms with Crippen molar-refractivity contribution in [3.05, 3.63) is 70.8 Å². The third kappa shape index (κ3) is 3.56. The summed E-state index contributed by atoms with van der Waals surface area (Å²) in [6, 6.07) is 19.2. The van der Waals surface area contributed by atoms with Crippen LogP contribution in [0.1, 0.15) is 5.56 Å². The Bertz CT molecular complexity index is 1130. The minimum atomic E-state index is 0.315. The lowest BCUT2D eigenvalue weighted by Gasteiger charge is -2.37. The standard InChI is InChI=1S/C23H21ClN4S/c1-16-7-9-17(10-8-16)19-15-29-22-20(19)21(25-23(24)26-22)28-13-11-27(12-14-28)18-5-3-2-4-6-18/h2-10,15H,11-14H2,1H3. The molecule has 3 heterocycles. The fourth-order valence-corrected chi connectivity index (χ4v) is 5.04. The van der Waals surface area contributed by atoms with Gasteiger partial charge in [-0.2, -0.15) is 4.98 Å². The molecule has 0 bridgehead atoms. The lowest BCUT2D eigenvalue weighted by molar-refractivity contribution is 0.649. The predicted octanol–water partition coefficient (Wildman–Crippen LogP) is 5.65. The minimum Gasteiger partial charge on any atom is -0.368 e. The van der Waals surface area contributed by atoms with Gasteiger partial charge in [0.2, 0.25) is 5.28 Å². The predicted molar refractivity (Wildman–Crippen MR) is 123 cm³/mol. The maximum Gasteiger partial charge on any atom is 0.225 e. The summed E-state index contributed by atoms with van der Waals surface area (Å²) in [4.78, 5) is 14.9. The number of anilines is 2. The van der Waals surface area contributed by atoms with E-state index in [1.165, 1.54) is 22.4 Å². The molecule has 0 saturated carbocycles. The molecule has 0 spiro atoms. The Morgan fingerprint density at radius 2 is 1.55 bits per heavy atom. The first-order chi connectivity index (χ1) is 14.2. The van der Waals surface area contributed by atoms with E-state index in [0.717, 1.165) is 42.2 Å². The maximum absolute atomic E-state index is 6.29. The minimum absolute atomic E-state index is 0.315. The molecule has 1 aliphatic heterocycles. The number of fused-ring (bicyclic) bond motifs is 1. The Labute approximate surface area is 179 Å². The molecule has 0 N–H and O–H groups in total. The zero-order valence-corrected chi connectivity index (χ0v) is 17.7. The topological polar surface area (TPSA) is 32.3 Å². The third-order valence-electron chi connectivity index (χ3n) is 5.45. The van der Waals surface area contributed by atoms with Gasteiger partial charge in [0.15, 0.2) is 0 Å². The van der Waals surface area contributed by atoms with Crippen LogP contribution < -0.4 is 9.80 Å². The number of aromatic nitrogens is 2. The van der Waals surface area contributed by atoms with Gasteiger partial charge in [0, 0.05) is 42.8 Å². The molecular formula is C23H21ClN4S. The molecule has 2 aromatic heterocycles. The maximum atomic E-state index is 6.29. The highest BCUT2D eigenvalue weighted by molar-refractivity contribution is 7.17. The molecule has 1 aliphatic rings. The lowest BCUT2D eigenvalue weighted by Crippen LogP contribution is -2.47. The highest BCUT2D eigenvalue weighted by Crippen LogP contribution is 2.39. The van der Waals surface area contributed by atoms with Crippen molar-refractivity contribution in [2.75, 3.05) is 36.0 Å². The van der Waals surface area contributed by atoms with Gasteiger partial charge in [0.25, 0.3) is 0 Å². The molecule has 6 heteroatoms. The number of nitrogens with zero attached hydrogens (tertiary/aromatic N) is 4. The Hall–Kier alpha value is -2.63. The van der Waals surface area contributed by atoms with Crippen molar-refractivity contribution in [2.45, 2.75) is 6.92 Å². The van der Waals surface area contributed by atoms with E-state index in [4.69, 9.17) is 11.6 Å². The zero-order valence-electron chi connectivity index (χ0n) is 16.2. The molecule has 1 saturated heterocycles. The van der Waals surface area contributed by atoms with Crippen molar-refractivity contribution >= 4 is 44.7 Å². The highest BCUT2D eigenvalue weighted by atomic mass is 35.5. The molecule has 0 amide bonds. The smallest absolute Gasteiger partial charge is 0.225 e. The van der Waals surface area contributed by atoms with Gasteiger partial charge < -0.3 is 9.80 Å². The van der Waals surface area contributed by atoms with Crippen LogP contribution in [0.25, 0.3) is 21.3 Å². The van der Waals surface area contributed by atoms with Gasteiger partial charge in [0.05, 0.1) is 5.39 Å². The van der Waals surface area contributed by atoms with E-state index in [-0.39, 0.29) is 0 Å². The van der Waals surface area contributed by atoms with E-state index >= 15 is 0 Å². The molecule has 5 rings (SSSR count). The summed E-state index contributed by atoms with van der Waals surface area (Å²) in [6.07, 6.45) is 0.